The highest BCUT2D eigenvalue weighted by Gasteiger charge is 2.33. The molecular weight excluding hydrogens is 658 g/mol. The molecule has 210 valence electrons. The Kier molecular flexibility index (Phi) is 8.69. The summed E-state index contributed by atoms with van der Waals surface area (Å²) in [6, 6.07) is 18.5. The number of rotatable bonds is 8. The van der Waals surface area contributed by atoms with Crippen LogP contribution >= 0.6 is 33.9 Å². The van der Waals surface area contributed by atoms with E-state index in [1.54, 1.807) is 39.2 Å². The molecule has 1 atom stereocenters. The van der Waals surface area contributed by atoms with Gasteiger partial charge in [0.15, 0.2) is 16.3 Å². The van der Waals surface area contributed by atoms with Crippen molar-refractivity contribution in [2.24, 2.45) is 4.99 Å². The molecule has 0 spiro atoms. The van der Waals surface area contributed by atoms with Crippen LogP contribution in [0.1, 0.15) is 36.6 Å². The van der Waals surface area contributed by atoms with Crippen LogP contribution in [0.4, 0.5) is 4.39 Å². The molecule has 0 saturated heterocycles. The lowest BCUT2D eigenvalue weighted by atomic mass is 9.96. The van der Waals surface area contributed by atoms with Crippen molar-refractivity contribution < 1.29 is 23.4 Å². The molecule has 7 nitrogen and oxygen atoms in total. The van der Waals surface area contributed by atoms with Crippen molar-refractivity contribution in [3.8, 4) is 11.5 Å². The maximum atomic E-state index is 13.8. The Hall–Kier alpha value is -3.77. The van der Waals surface area contributed by atoms with E-state index in [0.29, 0.717) is 38.7 Å². The SMILES string of the molecule is CCOC(=O)C1=C(C)N=c2s/c(=C\c3cc(I)c(OCc4ccccc4)c(OC)c3)c(=O)n2C1c1ccc(F)cc1. The zero-order valence-corrected chi connectivity index (χ0v) is 25.5. The zero-order chi connectivity index (χ0) is 29.1. The largest absolute Gasteiger partial charge is 0.493 e. The third-order valence-electron chi connectivity index (χ3n) is 6.48. The van der Waals surface area contributed by atoms with Crippen LogP contribution in [0.25, 0.3) is 6.08 Å². The van der Waals surface area contributed by atoms with Gasteiger partial charge in [0.1, 0.15) is 12.4 Å². The molecule has 0 N–H and O–H groups in total. The summed E-state index contributed by atoms with van der Waals surface area (Å²) in [6.45, 7) is 3.98. The Morgan fingerprint density at radius 3 is 2.56 bits per heavy atom. The number of hydrogen-bond donors (Lipinski definition) is 0. The highest BCUT2D eigenvalue weighted by atomic mass is 127. The summed E-state index contributed by atoms with van der Waals surface area (Å²) in [4.78, 5) is 31.9. The molecule has 0 saturated carbocycles. The number of thiazole rings is 1. The highest BCUT2D eigenvalue weighted by molar-refractivity contribution is 14.1. The molecule has 1 aromatic heterocycles. The van der Waals surface area contributed by atoms with E-state index in [1.807, 2.05) is 42.5 Å². The fourth-order valence-corrected chi connectivity index (χ4v) is 6.42. The topological polar surface area (TPSA) is 79.1 Å². The first-order chi connectivity index (χ1) is 19.8. The van der Waals surface area contributed by atoms with Crippen LogP contribution in [0.15, 0.2) is 87.8 Å². The summed E-state index contributed by atoms with van der Waals surface area (Å²) in [5, 5.41) is 0. The summed E-state index contributed by atoms with van der Waals surface area (Å²) >= 11 is 3.40. The van der Waals surface area contributed by atoms with Crippen molar-refractivity contribution in [3.05, 3.63) is 124 Å². The molecule has 1 aliphatic rings. The van der Waals surface area contributed by atoms with Gasteiger partial charge in [-0.05, 0) is 83.5 Å². The first-order valence-corrected chi connectivity index (χ1v) is 14.7. The van der Waals surface area contributed by atoms with Gasteiger partial charge in [0.25, 0.3) is 5.56 Å². The Morgan fingerprint density at radius 2 is 1.88 bits per heavy atom. The van der Waals surface area contributed by atoms with E-state index in [-0.39, 0.29) is 17.7 Å². The summed E-state index contributed by atoms with van der Waals surface area (Å²) in [7, 11) is 1.57. The van der Waals surface area contributed by atoms with Crippen molar-refractivity contribution in [2.45, 2.75) is 26.5 Å². The molecule has 10 heteroatoms. The number of benzene rings is 3. The molecule has 41 heavy (non-hydrogen) atoms. The van der Waals surface area contributed by atoms with Crippen LogP contribution in [-0.2, 0) is 16.1 Å². The van der Waals surface area contributed by atoms with Crippen molar-refractivity contribution in [3.63, 3.8) is 0 Å². The van der Waals surface area contributed by atoms with Gasteiger partial charge in [-0.1, -0.05) is 53.8 Å². The zero-order valence-electron chi connectivity index (χ0n) is 22.5. The highest BCUT2D eigenvalue weighted by Crippen LogP contribution is 2.35. The van der Waals surface area contributed by atoms with Crippen molar-refractivity contribution in [1.82, 2.24) is 4.57 Å². The molecule has 5 rings (SSSR count). The van der Waals surface area contributed by atoms with Gasteiger partial charge in [-0.25, -0.2) is 14.2 Å². The number of carbonyl (C=O) groups excluding carboxylic acids is 1. The van der Waals surface area contributed by atoms with Crippen LogP contribution in [-0.4, -0.2) is 24.3 Å². The molecule has 1 aliphatic heterocycles. The minimum Gasteiger partial charge on any atom is -0.493 e. The average Bonchev–Trinajstić information content (AvgIpc) is 3.26. The van der Waals surface area contributed by atoms with Gasteiger partial charge in [-0.3, -0.25) is 9.36 Å². The summed E-state index contributed by atoms with van der Waals surface area (Å²) < 4.78 is 33.5. The van der Waals surface area contributed by atoms with E-state index in [4.69, 9.17) is 14.2 Å². The fraction of sp³-hybridized carbons (Fsp3) is 0.194. The van der Waals surface area contributed by atoms with E-state index >= 15 is 0 Å². The second-order valence-electron chi connectivity index (χ2n) is 9.16. The van der Waals surface area contributed by atoms with Crippen LogP contribution in [0.2, 0.25) is 0 Å². The van der Waals surface area contributed by atoms with Gasteiger partial charge in [0.05, 0.1) is 39.1 Å². The molecule has 0 aliphatic carbocycles. The lowest BCUT2D eigenvalue weighted by Crippen LogP contribution is -2.39. The number of allylic oxidation sites excluding steroid dienone is 1. The first-order valence-electron chi connectivity index (χ1n) is 12.8. The number of esters is 1. The third kappa shape index (κ3) is 5.98. The van der Waals surface area contributed by atoms with Gasteiger partial charge in [-0.15, -0.1) is 0 Å². The molecule has 0 radical (unpaired) electrons. The van der Waals surface area contributed by atoms with Crippen molar-refractivity contribution >= 4 is 46.0 Å². The Morgan fingerprint density at radius 1 is 1.15 bits per heavy atom. The number of aromatic nitrogens is 1. The predicted molar refractivity (Wildman–Crippen MR) is 163 cm³/mol. The second-order valence-corrected chi connectivity index (χ2v) is 11.3. The Labute approximate surface area is 253 Å². The van der Waals surface area contributed by atoms with E-state index in [9.17, 15) is 14.0 Å². The van der Waals surface area contributed by atoms with Crippen molar-refractivity contribution in [1.29, 1.82) is 0 Å². The van der Waals surface area contributed by atoms with Gasteiger partial charge < -0.3 is 14.2 Å². The molecular formula is C31H26FIN2O5S. The molecule has 3 aromatic carbocycles. The molecule has 0 bridgehead atoms. The lowest BCUT2D eigenvalue weighted by Gasteiger charge is -2.24. The first kappa shape index (κ1) is 28.7. The van der Waals surface area contributed by atoms with Crippen LogP contribution in [0.5, 0.6) is 11.5 Å². The standard InChI is InChI=1S/C31H26FIN2O5S/c1-4-39-30(37)26-18(2)34-31-35(27(26)21-10-12-22(32)13-11-21)29(36)25(41-31)16-20-14-23(33)28(24(15-20)38-3)40-17-19-8-6-5-7-9-19/h5-16,27H,4,17H2,1-3H3/b25-16-. The number of halogens is 2. The van der Waals surface area contributed by atoms with Crippen LogP contribution in [0, 0.1) is 9.39 Å². The van der Waals surface area contributed by atoms with E-state index in [0.717, 1.165) is 14.7 Å². The number of ether oxygens (including phenoxy) is 3. The maximum Gasteiger partial charge on any atom is 0.338 e. The number of methoxy groups -OCH3 is 1. The quantitative estimate of drug-likeness (QED) is 0.190. The van der Waals surface area contributed by atoms with Gasteiger partial charge in [0.2, 0.25) is 0 Å². The van der Waals surface area contributed by atoms with Crippen LogP contribution < -0.4 is 24.4 Å². The maximum absolute atomic E-state index is 13.8. The smallest absolute Gasteiger partial charge is 0.338 e. The molecule has 2 heterocycles. The number of fused-ring (bicyclic) bond motifs is 1. The van der Waals surface area contributed by atoms with Gasteiger partial charge >= 0.3 is 5.97 Å². The number of nitrogens with zero attached hydrogens (tertiary/aromatic N) is 2. The predicted octanol–water partition coefficient (Wildman–Crippen LogP) is 5.13. The summed E-state index contributed by atoms with van der Waals surface area (Å²) in [5.41, 5.74) is 2.71. The summed E-state index contributed by atoms with van der Waals surface area (Å²) in [5.74, 6) is 0.167. The van der Waals surface area contributed by atoms with Gasteiger partial charge in [0, 0.05) is 0 Å². The van der Waals surface area contributed by atoms with Crippen LogP contribution in [0.3, 0.4) is 0 Å². The third-order valence-corrected chi connectivity index (χ3v) is 8.26. The monoisotopic (exact) mass is 684 g/mol. The van der Waals surface area contributed by atoms with Gasteiger partial charge in [-0.2, -0.15) is 0 Å². The molecule has 1 unspecified atom stereocenters. The minimum atomic E-state index is -0.809. The average molecular weight is 685 g/mol. The summed E-state index contributed by atoms with van der Waals surface area (Å²) in [6.07, 6.45) is 1.76. The van der Waals surface area contributed by atoms with E-state index in [1.165, 1.54) is 28.0 Å². The van der Waals surface area contributed by atoms with Crippen molar-refractivity contribution in [2.75, 3.05) is 13.7 Å². The minimum absolute atomic E-state index is 0.168. The Bertz CT molecular complexity index is 1810. The fourth-order valence-electron chi connectivity index (χ4n) is 4.60. The molecule has 4 aromatic rings. The lowest BCUT2D eigenvalue weighted by molar-refractivity contribution is -0.139. The Balaban J connectivity index is 1.58. The normalized spacial score (nSPS) is 14.9. The number of carbonyl (C=O) groups is 1. The van der Waals surface area contributed by atoms with E-state index in [2.05, 4.69) is 27.6 Å². The second kappa shape index (κ2) is 12.4. The van der Waals surface area contributed by atoms with E-state index < -0.39 is 17.8 Å². The number of hydrogen-bond acceptors (Lipinski definition) is 7. The molecule has 0 fully saturated rings. The molecule has 0 amide bonds.